The van der Waals surface area contributed by atoms with E-state index in [9.17, 15) is 9.18 Å². The van der Waals surface area contributed by atoms with Gasteiger partial charge < -0.3 is 9.72 Å². The van der Waals surface area contributed by atoms with Crippen LogP contribution in [0.5, 0.6) is 5.75 Å². The number of nitrogens with one attached hydrogen (secondary N) is 1. The van der Waals surface area contributed by atoms with Crippen molar-refractivity contribution in [1.29, 1.82) is 0 Å². The maximum Gasteiger partial charge on any atom is 0.248 e. The number of aliphatic imine (C=N–C) groups is 1. The molecule has 3 aromatic rings. The van der Waals surface area contributed by atoms with Gasteiger partial charge in [-0.05, 0) is 30.3 Å². The van der Waals surface area contributed by atoms with Gasteiger partial charge in [0.25, 0.3) is 0 Å². The fourth-order valence-electron chi connectivity index (χ4n) is 2.16. The normalized spacial score (nSPS) is 11.2. The summed E-state index contributed by atoms with van der Waals surface area (Å²) in [6.45, 7) is 0. The maximum absolute atomic E-state index is 13.9. The minimum atomic E-state index is -0.406. The number of H-pyrrole nitrogens is 1. The van der Waals surface area contributed by atoms with E-state index in [2.05, 4.69) is 9.98 Å². The molecule has 0 unspecified atom stereocenters. The average Bonchev–Trinajstić information content (AvgIpc) is 2.53. The summed E-state index contributed by atoms with van der Waals surface area (Å²) < 4.78 is 18.9. The second kappa shape index (κ2) is 5.81. The zero-order valence-electron chi connectivity index (χ0n) is 11.8. The van der Waals surface area contributed by atoms with Gasteiger partial charge in [0, 0.05) is 29.3 Å². The van der Waals surface area contributed by atoms with E-state index < -0.39 is 5.82 Å². The van der Waals surface area contributed by atoms with Crippen molar-refractivity contribution in [3.05, 3.63) is 70.3 Å². The number of hydrogen-bond acceptors (Lipinski definition) is 3. The molecule has 0 aliphatic carbocycles. The van der Waals surface area contributed by atoms with E-state index in [1.807, 2.05) is 0 Å². The molecule has 0 saturated carbocycles. The minimum Gasteiger partial charge on any atom is -0.497 e. The van der Waals surface area contributed by atoms with Crippen molar-refractivity contribution in [3.8, 4) is 5.75 Å². The van der Waals surface area contributed by atoms with Crippen LogP contribution in [0.25, 0.3) is 10.9 Å². The Bertz CT molecular complexity index is 916. The van der Waals surface area contributed by atoms with Crippen molar-refractivity contribution in [1.82, 2.24) is 4.98 Å². The van der Waals surface area contributed by atoms with Crippen LogP contribution >= 0.6 is 0 Å². The SMILES string of the molecule is COc1ccc(/C=N/c2cccc3[nH]c(=O)ccc23)c(F)c1. The average molecular weight is 296 g/mol. The predicted octanol–water partition coefficient (Wildman–Crippen LogP) is 3.43. The van der Waals surface area contributed by atoms with E-state index in [0.29, 0.717) is 22.5 Å². The number of hydrogen-bond donors (Lipinski definition) is 1. The first-order chi connectivity index (χ1) is 10.7. The number of ether oxygens (including phenoxy) is 1. The third-order valence-corrected chi connectivity index (χ3v) is 3.29. The lowest BCUT2D eigenvalue weighted by atomic mass is 10.2. The molecule has 1 heterocycles. The Morgan fingerprint density at radius 3 is 2.82 bits per heavy atom. The number of rotatable bonds is 3. The molecule has 2 aromatic carbocycles. The van der Waals surface area contributed by atoms with Gasteiger partial charge in [-0.15, -0.1) is 0 Å². The van der Waals surface area contributed by atoms with Gasteiger partial charge in [-0.1, -0.05) is 6.07 Å². The van der Waals surface area contributed by atoms with E-state index in [4.69, 9.17) is 4.74 Å². The van der Waals surface area contributed by atoms with Crippen molar-refractivity contribution in [3.63, 3.8) is 0 Å². The van der Waals surface area contributed by atoms with Crippen LogP contribution in [-0.4, -0.2) is 18.3 Å². The minimum absolute atomic E-state index is 0.171. The summed E-state index contributed by atoms with van der Waals surface area (Å²) in [5.74, 6) is 0.0501. The van der Waals surface area contributed by atoms with Gasteiger partial charge in [-0.3, -0.25) is 9.79 Å². The molecule has 3 rings (SSSR count). The summed E-state index contributed by atoms with van der Waals surface area (Å²) in [5.41, 5.74) is 1.54. The van der Waals surface area contributed by atoms with Gasteiger partial charge >= 0.3 is 0 Å². The molecule has 0 aliphatic heterocycles. The summed E-state index contributed by atoms with van der Waals surface area (Å²) in [6.07, 6.45) is 1.45. The van der Waals surface area contributed by atoms with Crippen LogP contribution in [0.3, 0.4) is 0 Å². The Morgan fingerprint density at radius 1 is 1.18 bits per heavy atom. The fraction of sp³-hybridized carbons (Fsp3) is 0.0588. The molecule has 5 heteroatoms. The molecule has 110 valence electrons. The first kappa shape index (κ1) is 14.0. The largest absolute Gasteiger partial charge is 0.497 e. The zero-order valence-corrected chi connectivity index (χ0v) is 11.8. The van der Waals surface area contributed by atoms with Crippen molar-refractivity contribution in [2.24, 2.45) is 4.99 Å². The van der Waals surface area contributed by atoms with Crippen molar-refractivity contribution in [2.45, 2.75) is 0 Å². The van der Waals surface area contributed by atoms with Crippen molar-refractivity contribution >= 4 is 22.8 Å². The molecule has 0 radical (unpaired) electrons. The Kier molecular flexibility index (Phi) is 3.70. The summed E-state index contributed by atoms with van der Waals surface area (Å²) in [5, 5.41) is 0.798. The predicted molar refractivity (Wildman–Crippen MR) is 84.8 cm³/mol. The molecule has 0 atom stereocenters. The van der Waals surface area contributed by atoms with E-state index in [1.54, 1.807) is 36.4 Å². The van der Waals surface area contributed by atoms with Crippen LogP contribution in [0.15, 0.2) is 58.3 Å². The Morgan fingerprint density at radius 2 is 2.05 bits per heavy atom. The molecule has 0 aliphatic rings. The quantitative estimate of drug-likeness (QED) is 0.753. The highest BCUT2D eigenvalue weighted by Gasteiger charge is 2.03. The van der Waals surface area contributed by atoms with Gasteiger partial charge in [0.05, 0.1) is 18.3 Å². The number of benzene rings is 2. The first-order valence-electron chi connectivity index (χ1n) is 6.67. The Labute approximate surface area is 125 Å². The number of nitrogens with zero attached hydrogens (tertiary/aromatic N) is 1. The first-order valence-corrected chi connectivity index (χ1v) is 6.67. The molecule has 0 fully saturated rings. The zero-order chi connectivity index (χ0) is 15.5. The van der Waals surface area contributed by atoms with Crippen LogP contribution in [0.4, 0.5) is 10.1 Å². The van der Waals surface area contributed by atoms with E-state index in [0.717, 1.165) is 5.39 Å². The van der Waals surface area contributed by atoms with Gasteiger partial charge in [0.1, 0.15) is 11.6 Å². The van der Waals surface area contributed by atoms with Crippen molar-refractivity contribution in [2.75, 3.05) is 7.11 Å². The lowest BCUT2D eigenvalue weighted by molar-refractivity contribution is 0.411. The highest BCUT2D eigenvalue weighted by molar-refractivity contribution is 5.93. The smallest absolute Gasteiger partial charge is 0.248 e. The number of pyridine rings is 1. The summed E-state index contributed by atoms with van der Waals surface area (Å²) in [6, 6.07) is 13.1. The van der Waals surface area contributed by atoms with Crippen LogP contribution < -0.4 is 10.3 Å². The number of aromatic amines is 1. The highest BCUT2D eigenvalue weighted by atomic mass is 19.1. The molecule has 4 nitrogen and oxygen atoms in total. The maximum atomic E-state index is 13.9. The molecule has 0 spiro atoms. The third-order valence-electron chi connectivity index (χ3n) is 3.29. The lowest BCUT2D eigenvalue weighted by Gasteiger charge is -2.03. The van der Waals surface area contributed by atoms with Gasteiger partial charge in [0.2, 0.25) is 5.56 Å². The number of fused-ring (bicyclic) bond motifs is 1. The molecule has 22 heavy (non-hydrogen) atoms. The number of halogens is 1. The third kappa shape index (κ3) is 2.74. The second-order valence-corrected chi connectivity index (χ2v) is 4.71. The standard InChI is InChI=1S/C17H13FN2O2/c1-22-12-6-5-11(14(18)9-12)10-19-15-3-2-4-16-13(15)7-8-17(21)20-16/h2-10H,1H3,(H,20,21)/b19-10+. The van der Waals surface area contributed by atoms with E-state index >= 15 is 0 Å². The number of methoxy groups -OCH3 is 1. The molecule has 1 aromatic heterocycles. The van der Waals surface area contributed by atoms with E-state index in [1.165, 1.54) is 25.5 Å². The monoisotopic (exact) mass is 296 g/mol. The topological polar surface area (TPSA) is 54.4 Å². The molecule has 0 saturated heterocycles. The van der Waals surface area contributed by atoms with Crippen LogP contribution in [0.2, 0.25) is 0 Å². The van der Waals surface area contributed by atoms with Gasteiger partial charge in [-0.25, -0.2) is 4.39 Å². The number of aromatic nitrogens is 1. The van der Waals surface area contributed by atoms with Crippen LogP contribution in [0, 0.1) is 5.82 Å². The van der Waals surface area contributed by atoms with Gasteiger partial charge in [-0.2, -0.15) is 0 Å². The highest BCUT2D eigenvalue weighted by Crippen LogP contribution is 2.24. The molecule has 0 bridgehead atoms. The Balaban J connectivity index is 2.01. The molecule has 0 amide bonds. The van der Waals surface area contributed by atoms with Crippen molar-refractivity contribution < 1.29 is 9.13 Å². The Hall–Kier alpha value is -2.95. The second-order valence-electron chi connectivity index (χ2n) is 4.71. The lowest BCUT2D eigenvalue weighted by Crippen LogP contribution is -2.01. The summed E-state index contributed by atoms with van der Waals surface area (Å²) in [4.78, 5) is 18.4. The van der Waals surface area contributed by atoms with Crippen LogP contribution in [0.1, 0.15) is 5.56 Å². The molecule has 1 N–H and O–H groups in total. The van der Waals surface area contributed by atoms with Crippen LogP contribution in [-0.2, 0) is 0 Å². The van der Waals surface area contributed by atoms with Gasteiger partial charge in [0.15, 0.2) is 0 Å². The fourth-order valence-corrected chi connectivity index (χ4v) is 2.16. The summed E-state index contributed by atoms with van der Waals surface area (Å²) >= 11 is 0. The molecular formula is C17H13FN2O2. The summed E-state index contributed by atoms with van der Waals surface area (Å²) in [7, 11) is 1.49. The van der Waals surface area contributed by atoms with E-state index in [-0.39, 0.29) is 5.56 Å². The molecular weight excluding hydrogens is 283 g/mol.